The Hall–Kier alpha value is -3.05. The predicted octanol–water partition coefficient (Wildman–Crippen LogP) is 2.26. The third-order valence-corrected chi connectivity index (χ3v) is 4.73. The highest BCUT2D eigenvalue weighted by molar-refractivity contribution is 5.73. The molecular weight excluding hydrogens is 394 g/mol. The summed E-state index contributed by atoms with van der Waals surface area (Å²) in [5.41, 5.74) is 2.81. The quantitative estimate of drug-likeness (QED) is 0.393. The molecule has 1 saturated heterocycles. The molecule has 0 spiro atoms. The van der Waals surface area contributed by atoms with E-state index < -0.39 is 23.5 Å². The van der Waals surface area contributed by atoms with Crippen molar-refractivity contribution in [2.24, 2.45) is 0 Å². The van der Waals surface area contributed by atoms with Crippen molar-refractivity contribution in [1.29, 1.82) is 0 Å². The third kappa shape index (κ3) is 5.51. The zero-order chi connectivity index (χ0) is 21.5. The Labute approximate surface area is 172 Å². The number of benzene rings is 2. The summed E-state index contributed by atoms with van der Waals surface area (Å²) in [7, 11) is 0. The lowest BCUT2D eigenvalue weighted by atomic mass is 10.0. The highest BCUT2D eigenvalue weighted by Crippen LogP contribution is 2.21. The molecule has 30 heavy (non-hydrogen) atoms. The van der Waals surface area contributed by atoms with Gasteiger partial charge in [0.05, 0.1) is 30.3 Å². The summed E-state index contributed by atoms with van der Waals surface area (Å²) in [6, 6.07) is 11.3. The first-order valence-corrected chi connectivity index (χ1v) is 9.45. The maximum Gasteiger partial charge on any atom is 0.325 e. The van der Waals surface area contributed by atoms with Gasteiger partial charge in [0.2, 0.25) is 0 Å². The van der Waals surface area contributed by atoms with Gasteiger partial charge < -0.3 is 15.5 Å². The molecule has 0 bridgehead atoms. The molecule has 1 unspecified atom stereocenters. The first-order chi connectivity index (χ1) is 14.5. The molecule has 0 aliphatic carbocycles. The van der Waals surface area contributed by atoms with Crippen LogP contribution >= 0.6 is 0 Å². The lowest BCUT2D eigenvalue weighted by molar-refractivity contribution is -0.385. The molecule has 10 nitrogen and oxygen atoms in total. The van der Waals surface area contributed by atoms with Crippen molar-refractivity contribution in [2.45, 2.75) is 32.0 Å². The maximum atomic E-state index is 11.4. The summed E-state index contributed by atoms with van der Waals surface area (Å²) in [4.78, 5) is 32.2. The molecular formula is C20H23N3O7. The van der Waals surface area contributed by atoms with E-state index in [2.05, 4.69) is 5.32 Å². The molecule has 0 radical (unpaired) electrons. The average Bonchev–Trinajstić information content (AvgIpc) is 3.27. The van der Waals surface area contributed by atoms with E-state index in [4.69, 9.17) is 9.68 Å². The number of aliphatic hydroxyl groups is 1. The zero-order valence-electron chi connectivity index (χ0n) is 16.2. The van der Waals surface area contributed by atoms with Gasteiger partial charge in [0.1, 0.15) is 0 Å². The minimum atomic E-state index is -1.000. The number of nitrogens with zero attached hydrogens (tertiary/aromatic N) is 2. The second kappa shape index (κ2) is 10.1. The summed E-state index contributed by atoms with van der Waals surface area (Å²) in [6.45, 7) is 0.732. The number of hydrogen-bond acceptors (Lipinski definition) is 8. The van der Waals surface area contributed by atoms with E-state index >= 15 is 0 Å². The first-order valence-electron chi connectivity index (χ1n) is 9.45. The first kappa shape index (κ1) is 21.7. The number of hydroxylamine groups is 2. The highest BCUT2D eigenvalue weighted by atomic mass is 17.0. The van der Waals surface area contributed by atoms with E-state index in [-0.39, 0.29) is 11.3 Å². The molecule has 3 N–H and O–H groups in total. The minimum Gasteiger partial charge on any atom is -0.480 e. The van der Waals surface area contributed by atoms with Gasteiger partial charge in [-0.3, -0.25) is 24.6 Å². The molecule has 160 valence electrons. The molecule has 1 fully saturated rings. The Bertz CT molecular complexity index is 882. The molecule has 1 heterocycles. The Kier molecular flexibility index (Phi) is 7.31. The molecule has 2 aromatic carbocycles. The van der Waals surface area contributed by atoms with Crippen molar-refractivity contribution in [1.82, 2.24) is 5.23 Å². The predicted molar refractivity (Wildman–Crippen MR) is 106 cm³/mol. The van der Waals surface area contributed by atoms with E-state index in [1.54, 1.807) is 12.1 Å². The number of aliphatic carboxylic acids is 1. The fourth-order valence-corrected chi connectivity index (χ4v) is 3.14. The van der Waals surface area contributed by atoms with Crippen LogP contribution in [0.1, 0.15) is 23.1 Å². The van der Waals surface area contributed by atoms with E-state index in [0.717, 1.165) is 22.0 Å². The molecule has 10 heteroatoms. The van der Waals surface area contributed by atoms with Gasteiger partial charge in [0.25, 0.3) is 5.69 Å². The summed E-state index contributed by atoms with van der Waals surface area (Å²) in [5, 5.41) is 33.9. The zero-order valence-corrected chi connectivity index (χ0v) is 16.2. The topological polar surface area (TPSA) is 134 Å². The summed E-state index contributed by atoms with van der Waals surface area (Å²) < 4.78 is 0. The number of aliphatic hydroxyl groups excluding tert-OH is 1. The smallest absolute Gasteiger partial charge is 0.325 e. The van der Waals surface area contributed by atoms with Crippen molar-refractivity contribution >= 4 is 17.3 Å². The Morgan fingerprint density at radius 3 is 2.43 bits per heavy atom. The van der Waals surface area contributed by atoms with Crippen molar-refractivity contribution in [2.75, 3.05) is 18.5 Å². The van der Waals surface area contributed by atoms with Crippen LogP contribution in [0.2, 0.25) is 0 Å². The molecule has 0 amide bonds. The van der Waals surface area contributed by atoms with Crippen molar-refractivity contribution in [3.05, 3.63) is 69.3 Å². The number of carboxylic acids is 1. The normalized spacial score (nSPS) is 15.1. The molecule has 3 rings (SSSR count). The molecule has 0 saturated carbocycles. The number of nitro groups is 1. The highest BCUT2D eigenvalue weighted by Gasteiger charge is 2.30. The largest absolute Gasteiger partial charge is 0.480 e. The summed E-state index contributed by atoms with van der Waals surface area (Å²) in [5.74, 6) is -1.000. The van der Waals surface area contributed by atoms with Gasteiger partial charge in [0.15, 0.2) is 6.04 Å². The van der Waals surface area contributed by atoms with E-state index in [9.17, 15) is 25.1 Å². The van der Waals surface area contributed by atoms with Crippen molar-refractivity contribution in [3.63, 3.8) is 0 Å². The Morgan fingerprint density at radius 2 is 1.83 bits per heavy atom. The van der Waals surface area contributed by atoms with Crippen LogP contribution in [0.3, 0.4) is 0 Å². The van der Waals surface area contributed by atoms with Crippen LogP contribution in [0.4, 0.5) is 11.4 Å². The van der Waals surface area contributed by atoms with Gasteiger partial charge >= 0.3 is 5.97 Å². The van der Waals surface area contributed by atoms with Gasteiger partial charge in [-0.05, 0) is 42.2 Å². The fraction of sp³-hybridized carbons (Fsp3) is 0.350. The average molecular weight is 417 g/mol. The van der Waals surface area contributed by atoms with Gasteiger partial charge in [-0.25, -0.2) is 0 Å². The van der Waals surface area contributed by atoms with Gasteiger partial charge in [0, 0.05) is 18.3 Å². The second-order valence-electron chi connectivity index (χ2n) is 6.77. The van der Waals surface area contributed by atoms with Gasteiger partial charge in [-0.15, -0.1) is 0 Å². The monoisotopic (exact) mass is 417 g/mol. The molecule has 2 aromatic rings. The summed E-state index contributed by atoms with van der Waals surface area (Å²) >= 11 is 0. The van der Waals surface area contributed by atoms with Crippen LogP contribution in [-0.2, 0) is 34.0 Å². The molecule has 1 aliphatic rings. The van der Waals surface area contributed by atoms with Crippen LogP contribution in [0, 0.1) is 10.1 Å². The standard InChI is InChI=1S/C20H23N3O7/c24-13-16-11-15(4-7-18(16)22(27)28)12-21-17-5-1-14(2-6-17)3-8-19(20(25)26)23-29-9-10-30-23/h1-2,4-7,11,19,21,24H,3,8-10,12-13H2,(H,25,26). The Morgan fingerprint density at radius 1 is 1.17 bits per heavy atom. The van der Waals surface area contributed by atoms with Crippen LogP contribution < -0.4 is 5.32 Å². The Balaban J connectivity index is 1.54. The van der Waals surface area contributed by atoms with E-state index in [1.807, 2.05) is 24.3 Å². The van der Waals surface area contributed by atoms with Crippen LogP contribution in [0.5, 0.6) is 0 Å². The number of aryl methyl sites for hydroxylation is 1. The number of carboxylic acid groups (broad SMARTS) is 1. The third-order valence-electron chi connectivity index (χ3n) is 4.73. The van der Waals surface area contributed by atoms with Crippen LogP contribution in [0.25, 0.3) is 0 Å². The lowest BCUT2D eigenvalue weighted by Crippen LogP contribution is -2.38. The van der Waals surface area contributed by atoms with E-state index in [0.29, 0.717) is 32.6 Å². The van der Waals surface area contributed by atoms with Gasteiger partial charge in [-0.1, -0.05) is 23.4 Å². The van der Waals surface area contributed by atoms with Gasteiger partial charge in [-0.2, -0.15) is 0 Å². The van der Waals surface area contributed by atoms with E-state index in [1.165, 1.54) is 6.07 Å². The molecule has 0 aromatic heterocycles. The van der Waals surface area contributed by atoms with Crippen LogP contribution in [0.15, 0.2) is 42.5 Å². The number of anilines is 1. The summed E-state index contributed by atoms with van der Waals surface area (Å²) in [6.07, 6.45) is 0.886. The second-order valence-corrected chi connectivity index (χ2v) is 6.77. The fourth-order valence-electron chi connectivity index (χ4n) is 3.14. The minimum absolute atomic E-state index is 0.102. The van der Waals surface area contributed by atoms with Crippen molar-refractivity contribution < 1.29 is 29.6 Å². The number of carbonyl (C=O) groups is 1. The lowest BCUT2D eigenvalue weighted by Gasteiger charge is -2.20. The SMILES string of the molecule is O=C(O)C(CCc1ccc(NCc2ccc([N+](=O)[O-])c(CO)c2)cc1)N1OCCO1. The number of hydrogen-bond donors (Lipinski definition) is 3. The molecule has 1 aliphatic heterocycles. The molecule has 1 atom stereocenters. The number of rotatable bonds is 10. The number of nitro benzene ring substituents is 1. The van der Waals surface area contributed by atoms with Crippen molar-refractivity contribution in [3.8, 4) is 0 Å². The number of nitrogens with one attached hydrogen (secondary N) is 1. The van der Waals surface area contributed by atoms with Crippen LogP contribution in [-0.4, -0.2) is 45.6 Å². The maximum absolute atomic E-state index is 11.4.